The lowest BCUT2D eigenvalue weighted by atomic mass is 10.0. The van der Waals surface area contributed by atoms with E-state index < -0.39 is 43.9 Å². The average Bonchev–Trinajstić information content (AvgIpc) is 2.34. The molecule has 10 heteroatoms. The van der Waals surface area contributed by atoms with Crippen LogP contribution in [0.4, 0.5) is 13.2 Å². The van der Waals surface area contributed by atoms with Crippen molar-refractivity contribution in [1.29, 1.82) is 0 Å². The summed E-state index contributed by atoms with van der Waals surface area (Å²) >= 11 is 0. The number of guanidine groups is 1. The molecule has 0 saturated heterocycles. The van der Waals surface area contributed by atoms with E-state index in [0.717, 1.165) is 6.07 Å². The van der Waals surface area contributed by atoms with E-state index in [4.69, 9.17) is 11.5 Å². The fourth-order valence-electron chi connectivity index (χ4n) is 1.82. The minimum absolute atomic E-state index is 0.100. The number of benzene rings is 1. The number of aliphatic imine (C=N–C) groups is 1. The molecule has 1 aromatic carbocycles. The number of sulfone groups is 1. The van der Waals surface area contributed by atoms with Crippen LogP contribution in [-0.2, 0) is 22.4 Å². The number of nitrogens with two attached hydrogens (primary N) is 2. The van der Waals surface area contributed by atoms with Gasteiger partial charge in [-0.2, -0.15) is 18.2 Å². The van der Waals surface area contributed by atoms with Crippen LogP contribution in [0.2, 0.25) is 0 Å². The number of carbonyl (C=O) groups excluding carboxylic acids is 1. The number of nitrogens with zero attached hydrogens (tertiary/aromatic N) is 1. The molecule has 0 aromatic heterocycles. The van der Waals surface area contributed by atoms with Gasteiger partial charge < -0.3 is 11.5 Å². The molecule has 4 N–H and O–H groups in total. The van der Waals surface area contributed by atoms with Crippen LogP contribution in [0.25, 0.3) is 0 Å². The van der Waals surface area contributed by atoms with Gasteiger partial charge in [0.2, 0.25) is 0 Å². The molecule has 0 spiro atoms. The summed E-state index contributed by atoms with van der Waals surface area (Å²) in [7, 11) is -4.13. The van der Waals surface area contributed by atoms with Gasteiger partial charge in [0.1, 0.15) is 0 Å². The van der Waals surface area contributed by atoms with Gasteiger partial charge in [-0.3, -0.25) is 4.79 Å². The van der Waals surface area contributed by atoms with E-state index in [-0.39, 0.29) is 12.0 Å². The maximum Gasteiger partial charge on any atom is 0.417 e. The second-order valence-electron chi connectivity index (χ2n) is 4.47. The first-order chi connectivity index (χ1) is 9.87. The highest BCUT2D eigenvalue weighted by atomic mass is 32.2. The zero-order chi connectivity index (χ0) is 17.3. The number of carbonyl (C=O) groups is 1. The maximum absolute atomic E-state index is 13.1. The number of halogens is 3. The van der Waals surface area contributed by atoms with Crippen LogP contribution in [0.15, 0.2) is 22.0 Å². The van der Waals surface area contributed by atoms with E-state index in [9.17, 15) is 26.4 Å². The first-order valence-corrected chi connectivity index (χ1v) is 7.85. The summed E-state index contributed by atoms with van der Waals surface area (Å²) in [6, 6.07) is 1.29. The summed E-state index contributed by atoms with van der Waals surface area (Å²) in [6.45, 7) is 1.56. The van der Waals surface area contributed by atoms with Gasteiger partial charge in [-0.25, -0.2) is 8.42 Å². The lowest BCUT2D eigenvalue weighted by Crippen LogP contribution is -2.24. The van der Waals surface area contributed by atoms with Crippen molar-refractivity contribution >= 4 is 21.7 Å². The van der Waals surface area contributed by atoms with Crippen molar-refractivity contribution in [2.45, 2.75) is 24.4 Å². The van der Waals surface area contributed by atoms with Crippen molar-refractivity contribution in [2.24, 2.45) is 16.5 Å². The third kappa shape index (κ3) is 3.97. The zero-order valence-electron chi connectivity index (χ0n) is 11.7. The minimum atomic E-state index is -4.95. The second-order valence-corrected chi connectivity index (χ2v) is 6.45. The van der Waals surface area contributed by atoms with Crippen molar-refractivity contribution in [2.75, 3.05) is 6.26 Å². The van der Waals surface area contributed by atoms with E-state index in [2.05, 4.69) is 4.99 Å². The Balaban J connectivity index is 3.76. The van der Waals surface area contributed by atoms with Gasteiger partial charge in [-0.1, -0.05) is 6.92 Å². The fraction of sp³-hybridized carbons (Fsp3) is 0.333. The normalized spacial score (nSPS) is 12.0. The fourth-order valence-corrected chi connectivity index (χ4v) is 2.75. The number of hydrogen-bond donors (Lipinski definition) is 2. The number of rotatable bonds is 3. The molecule has 0 heterocycles. The van der Waals surface area contributed by atoms with E-state index in [1.165, 1.54) is 0 Å². The summed E-state index contributed by atoms with van der Waals surface area (Å²) in [5.41, 5.74) is 8.35. The Labute approximate surface area is 124 Å². The Morgan fingerprint density at radius 2 is 1.82 bits per heavy atom. The molecule has 0 saturated carbocycles. The standard InChI is InChI=1S/C12H14F3N3O3S/c1-3-6-4-9(22(2,20)21)8(12(13,14)15)5-7(6)10(19)18-11(16)17/h4-5H,3H2,1-2H3,(H4,16,17,18,19). The van der Waals surface area contributed by atoms with Gasteiger partial charge in [0.15, 0.2) is 15.8 Å². The molecule has 0 radical (unpaired) electrons. The van der Waals surface area contributed by atoms with Crippen molar-refractivity contribution in [3.63, 3.8) is 0 Å². The summed E-state index contributed by atoms with van der Waals surface area (Å²) in [6.07, 6.45) is -4.16. The molecule has 1 aromatic rings. The molecule has 122 valence electrons. The zero-order valence-corrected chi connectivity index (χ0v) is 12.5. The number of hydrogen-bond acceptors (Lipinski definition) is 3. The average molecular weight is 337 g/mol. The van der Waals surface area contributed by atoms with Gasteiger partial charge in [-0.15, -0.1) is 0 Å². The van der Waals surface area contributed by atoms with Gasteiger partial charge in [-0.05, 0) is 24.1 Å². The molecule has 0 atom stereocenters. The topological polar surface area (TPSA) is 116 Å². The van der Waals surface area contributed by atoms with Crippen LogP contribution in [0.3, 0.4) is 0 Å². The predicted molar refractivity (Wildman–Crippen MR) is 74.1 cm³/mol. The molecule has 0 fully saturated rings. The third-order valence-electron chi connectivity index (χ3n) is 2.75. The first-order valence-electron chi connectivity index (χ1n) is 5.96. The molecular weight excluding hydrogens is 323 g/mol. The van der Waals surface area contributed by atoms with Crippen LogP contribution in [0.5, 0.6) is 0 Å². The first kappa shape index (κ1) is 18.0. The second kappa shape index (κ2) is 5.95. The van der Waals surface area contributed by atoms with E-state index >= 15 is 0 Å². The van der Waals surface area contributed by atoms with Crippen LogP contribution in [-0.4, -0.2) is 26.5 Å². The van der Waals surface area contributed by atoms with Crippen LogP contribution in [0.1, 0.15) is 28.4 Å². The number of amides is 1. The van der Waals surface area contributed by atoms with E-state index in [1.807, 2.05) is 0 Å². The van der Waals surface area contributed by atoms with Crippen LogP contribution < -0.4 is 11.5 Å². The highest BCUT2D eigenvalue weighted by Gasteiger charge is 2.37. The molecule has 0 aliphatic carbocycles. The summed E-state index contributed by atoms with van der Waals surface area (Å²) < 4.78 is 62.3. The van der Waals surface area contributed by atoms with Crippen molar-refractivity contribution in [3.05, 3.63) is 28.8 Å². The number of alkyl halides is 3. The Morgan fingerprint density at radius 3 is 2.18 bits per heavy atom. The number of aryl methyl sites for hydroxylation is 1. The summed E-state index contributed by atoms with van der Waals surface area (Å²) in [5, 5.41) is 0. The van der Waals surface area contributed by atoms with Crippen LogP contribution >= 0.6 is 0 Å². The Bertz CT molecular complexity index is 736. The van der Waals surface area contributed by atoms with E-state index in [1.54, 1.807) is 6.92 Å². The molecule has 22 heavy (non-hydrogen) atoms. The Kier molecular flexibility index (Phi) is 4.86. The Morgan fingerprint density at radius 1 is 1.27 bits per heavy atom. The monoisotopic (exact) mass is 337 g/mol. The van der Waals surface area contributed by atoms with Gasteiger partial charge in [0.25, 0.3) is 5.91 Å². The predicted octanol–water partition coefficient (Wildman–Crippen LogP) is 1.08. The van der Waals surface area contributed by atoms with Gasteiger partial charge in [0.05, 0.1) is 10.5 Å². The highest BCUT2D eigenvalue weighted by Crippen LogP contribution is 2.36. The molecule has 1 amide bonds. The smallest absolute Gasteiger partial charge is 0.370 e. The Hall–Kier alpha value is -2.10. The molecule has 6 nitrogen and oxygen atoms in total. The van der Waals surface area contributed by atoms with E-state index in [0.29, 0.717) is 12.3 Å². The van der Waals surface area contributed by atoms with Crippen molar-refractivity contribution in [3.8, 4) is 0 Å². The molecule has 1 rings (SSSR count). The largest absolute Gasteiger partial charge is 0.417 e. The van der Waals surface area contributed by atoms with Gasteiger partial charge >= 0.3 is 6.18 Å². The molecule has 0 bridgehead atoms. The lowest BCUT2D eigenvalue weighted by molar-refractivity contribution is -0.139. The summed E-state index contributed by atoms with van der Waals surface area (Å²) in [4.78, 5) is 14.1. The third-order valence-corrected chi connectivity index (χ3v) is 3.89. The van der Waals surface area contributed by atoms with Crippen molar-refractivity contribution in [1.82, 2.24) is 0 Å². The SMILES string of the molecule is CCc1cc(S(C)(=O)=O)c(C(F)(F)F)cc1C(=O)N=C(N)N. The minimum Gasteiger partial charge on any atom is -0.370 e. The maximum atomic E-state index is 13.1. The lowest BCUT2D eigenvalue weighted by Gasteiger charge is -2.15. The molecule has 0 unspecified atom stereocenters. The quantitative estimate of drug-likeness (QED) is 0.632. The van der Waals surface area contributed by atoms with Crippen molar-refractivity contribution < 1.29 is 26.4 Å². The van der Waals surface area contributed by atoms with Gasteiger partial charge in [0, 0.05) is 11.8 Å². The molecular formula is C12H14F3N3O3S. The molecule has 0 aliphatic rings. The molecule has 0 aliphatic heterocycles. The highest BCUT2D eigenvalue weighted by molar-refractivity contribution is 7.90. The van der Waals surface area contributed by atoms with Crippen LogP contribution in [0, 0.1) is 0 Å². The summed E-state index contributed by atoms with van der Waals surface area (Å²) in [5.74, 6) is -1.67.